The van der Waals surface area contributed by atoms with E-state index in [1.165, 1.54) is 45.6 Å². The predicted molar refractivity (Wildman–Crippen MR) is 100 cm³/mol. The summed E-state index contributed by atoms with van der Waals surface area (Å²) in [7, 11) is 1.44. The standard InChI is InChI=1S/C21H36O3/c1-3-19-20(24-19)17-15-13-11-9-7-5-4-6-8-10-12-14-16-18-21(22)23-2/h10,12-13,15,19-20H,3-9,11,14,16-18H2,1-2H3. The number of allylic oxidation sites excluding steroid dienone is 3. The molecule has 1 rings (SSSR count). The van der Waals surface area contributed by atoms with Crippen LogP contribution in [0.4, 0.5) is 0 Å². The SMILES string of the molecule is CCC1OC1CC=CCCCCCCCC=CCCCC(=O)OC. The first kappa shape index (κ1) is 21.0. The summed E-state index contributed by atoms with van der Waals surface area (Å²) in [6.45, 7) is 2.19. The number of hydrogen-bond donors (Lipinski definition) is 0. The van der Waals surface area contributed by atoms with Gasteiger partial charge in [0.25, 0.3) is 0 Å². The molecule has 0 saturated carbocycles. The lowest BCUT2D eigenvalue weighted by Gasteiger charge is -1.98. The lowest BCUT2D eigenvalue weighted by Crippen LogP contribution is -1.98. The minimum atomic E-state index is -0.107. The number of methoxy groups -OCH3 is 1. The first-order chi connectivity index (χ1) is 11.8. The quantitative estimate of drug-likeness (QED) is 0.166. The van der Waals surface area contributed by atoms with Crippen molar-refractivity contribution in [1.29, 1.82) is 0 Å². The molecule has 0 amide bonds. The summed E-state index contributed by atoms with van der Waals surface area (Å²) < 4.78 is 10.1. The molecule has 1 saturated heterocycles. The van der Waals surface area contributed by atoms with Crippen molar-refractivity contribution in [3.05, 3.63) is 24.3 Å². The molecule has 0 N–H and O–H groups in total. The molecule has 2 unspecified atom stereocenters. The molecule has 0 aromatic heterocycles. The number of unbranched alkanes of at least 4 members (excludes halogenated alkanes) is 7. The summed E-state index contributed by atoms with van der Waals surface area (Å²) in [6.07, 6.45) is 23.7. The van der Waals surface area contributed by atoms with E-state index in [2.05, 4.69) is 36.0 Å². The monoisotopic (exact) mass is 336 g/mol. The molecule has 24 heavy (non-hydrogen) atoms. The smallest absolute Gasteiger partial charge is 0.305 e. The molecule has 0 aromatic carbocycles. The van der Waals surface area contributed by atoms with Crippen LogP contribution in [0.1, 0.15) is 84.0 Å². The molecule has 138 valence electrons. The highest BCUT2D eigenvalue weighted by Gasteiger charge is 2.35. The van der Waals surface area contributed by atoms with E-state index in [9.17, 15) is 4.79 Å². The summed E-state index contributed by atoms with van der Waals surface area (Å²) in [5.41, 5.74) is 0. The van der Waals surface area contributed by atoms with Gasteiger partial charge in [-0.1, -0.05) is 50.5 Å². The number of rotatable bonds is 15. The molecular formula is C21H36O3. The summed E-state index contributed by atoms with van der Waals surface area (Å²) in [5, 5.41) is 0. The van der Waals surface area contributed by atoms with Crippen molar-refractivity contribution < 1.29 is 14.3 Å². The third kappa shape index (κ3) is 11.4. The second-order valence-electron chi connectivity index (χ2n) is 6.61. The molecule has 1 aliphatic heterocycles. The Morgan fingerprint density at radius 1 is 0.875 bits per heavy atom. The number of carbonyl (C=O) groups is 1. The van der Waals surface area contributed by atoms with Gasteiger partial charge in [0, 0.05) is 6.42 Å². The van der Waals surface area contributed by atoms with Gasteiger partial charge in [-0.05, 0) is 51.4 Å². The molecule has 1 fully saturated rings. The van der Waals surface area contributed by atoms with E-state index in [1.54, 1.807) is 0 Å². The molecule has 1 heterocycles. The van der Waals surface area contributed by atoms with Crippen LogP contribution >= 0.6 is 0 Å². The Kier molecular flexibility index (Phi) is 12.5. The van der Waals surface area contributed by atoms with Crippen molar-refractivity contribution >= 4 is 5.97 Å². The number of hydrogen-bond acceptors (Lipinski definition) is 3. The van der Waals surface area contributed by atoms with Gasteiger partial charge in [0.05, 0.1) is 19.3 Å². The van der Waals surface area contributed by atoms with E-state index in [0.29, 0.717) is 18.6 Å². The van der Waals surface area contributed by atoms with Gasteiger partial charge in [0.1, 0.15) is 0 Å². The summed E-state index contributed by atoms with van der Waals surface area (Å²) in [4.78, 5) is 10.9. The van der Waals surface area contributed by atoms with Crippen molar-refractivity contribution in [2.75, 3.05) is 7.11 Å². The first-order valence-electron chi connectivity index (χ1n) is 9.80. The van der Waals surface area contributed by atoms with Gasteiger partial charge in [-0.3, -0.25) is 4.79 Å². The zero-order valence-corrected chi connectivity index (χ0v) is 15.7. The second kappa shape index (κ2) is 14.3. The van der Waals surface area contributed by atoms with E-state index >= 15 is 0 Å². The fourth-order valence-electron chi connectivity index (χ4n) is 2.85. The second-order valence-corrected chi connectivity index (χ2v) is 6.61. The molecule has 3 heteroatoms. The molecule has 2 atom stereocenters. The lowest BCUT2D eigenvalue weighted by atomic mass is 10.1. The van der Waals surface area contributed by atoms with Gasteiger partial charge in [-0.2, -0.15) is 0 Å². The van der Waals surface area contributed by atoms with Crippen LogP contribution in [0.15, 0.2) is 24.3 Å². The Bertz CT molecular complexity index is 373. The molecule has 0 aliphatic carbocycles. The number of carbonyl (C=O) groups excluding carboxylic acids is 1. The van der Waals surface area contributed by atoms with Crippen LogP contribution < -0.4 is 0 Å². The summed E-state index contributed by atoms with van der Waals surface area (Å²) in [6, 6.07) is 0. The van der Waals surface area contributed by atoms with Crippen molar-refractivity contribution in [3.63, 3.8) is 0 Å². The molecule has 0 aromatic rings. The molecule has 3 nitrogen and oxygen atoms in total. The van der Waals surface area contributed by atoms with Crippen molar-refractivity contribution in [2.45, 2.75) is 96.2 Å². The van der Waals surface area contributed by atoms with E-state index in [1.807, 2.05) is 0 Å². The third-order valence-corrected chi connectivity index (χ3v) is 4.51. The molecule has 0 spiro atoms. The lowest BCUT2D eigenvalue weighted by molar-refractivity contribution is -0.140. The van der Waals surface area contributed by atoms with Crippen LogP contribution in [0.3, 0.4) is 0 Å². The van der Waals surface area contributed by atoms with Gasteiger partial charge in [-0.15, -0.1) is 0 Å². The Morgan fingerprint density at radius 3 is 2.04 bits per heavy atom. The Hall–Kier alpha value is -1.09. The molecule has 0 radical (unpaired) electrons. The third-order valence-electron chi connectivity index (χ3n) is 4.51. The maximum atomic E-state index is 10.9. The molecule has 0 bridgehead atoms. The zero-order chi connectivity index (χ0) is 17.5. The normalized spacial score (nSPS) is 20.1. The van der Waals surface area contributed by atoms with Crippen molar-refractivity contribution in [1.82, 2.24) is 0 Å². The van der Waals surface area contributed by atoms with E-state index < -0.39 is 0 Å². The summed E-state index contributed by atoms with van der Waals surface area (Å²) >= 11 is 0. The Morgan fingerprint density at radius 2 is 1.46 bits per heavy atom. The van der Waals surface area contributed by atoms with E-state index in [-0.39, 0.29) is 5.97 Å². The molecular weight excluding hydrogens is 300 g/mol. The predicted octanol–water partition coefficient (Wildman–Crippen LogP) is 5.74. The van der Waals surface area contributed by atoms with Crippen molar-refractivity contribution in [2.24, 2.45) is 0 Å². The van der Waals surface area contributed by atoms with Gasteiger partial charge < -0.3 is 9.47 Å². The van der Waals surface area contributed by atoms with Crippen LogP contribution in [0, 0.1) is 0 Å². The van der Waals surface area contributed by atoms with Gasteiger partial charge in [0.15, 0.2) is 0 Å². The van der Waals surface area contributed by atoms with Crippen LogP contribution in [0.25, 0.3) is 0 Å². The van der Waals surface area contributed by atoms with Crippen LogP contribution in [-0.4, -0.2) is 25.3 Å². The highest BCUT2D eigenvalue weighted by molar-refractivity contribution is 5.68. The topological polar surface area (TPSA) is 38.8 Å². The number of ether oxygens (including phenoxy) is 2. The fraction of sp³-hybridized carbons (Fsp3) is 0.762. The maximum absolute atomic E-state index is 10.9. The molecule has 1 aliphatic rings. The van der Waals surface area contributed by atoms with Gasteiger partial charge >= 0.3 is 5.97 Å². The van der Waals surface area contributed by atoms with Crippen LogP contribution in [0.5, 0.6) is 0 Å². The Balaban J connectivity index is 1.76. The fourth-order valence-corrected chi connectivity index (χ4v) is 2.85. The highest BCUT2D eigenvalue weighted by atomic mass is 16.6. The van der Waals surface area contributed by atoms with Crippen LogP contribution in [0.2, 0.25) is 0 Å². The first-order valence-corrected chi connectivity index (χ1v) is 9.80. The highest BCUT2D eigenvalue weighted by Crippen LogP contribution is 2.28. The van der Waals surface area contributed by atoms with Crippen molar-refractivity contribution in [3.8, 4) is 0 Å². The largest absolute Gasteiger partial charge is 0.469 e. The van der Waals surface area contributed by atoms with Gasteiger partial charge in [0.2, 0.25) is 0 Å². The number of esters is 1. The van der Waals surface area contributed by atoms with E-state index in [0.717, 1.165) is 32.1 Å². The van der Waals surface area contributed by atoms with Crippen LogP contribution in [-0.2, 0) is 14.3 Å². The minimum absolute atomic E-state index is 0.107. The van der Waals surface area contributed by atoms with Gasteiger partial charge in [-0.25, -0.2) is 0 Å². The average molecular weight is 337 g/mol. The maximum Gasteiger partial charge on any atom is 0.305 e. The van der Waals surface area contributed by atoms with E-state index in [4.69, 9.17) is 4.74 Å². The minimum Gasteiger partial charge on any atom is -0.469 e. The summed E-state index contributed by atoms with van der Waals surface area (Å²) in [5.74, 6) is -0.107. The number of epoxide rings is 1. The average Bonchev–Trinajstić information content (AvgIpc) is 3.36. The Labute approximate surface area is 148 Å². The zero-order valence-electron chi connectivity index (χ0n) is 15.7.